The van der Waals surface area contributed by atoms with Gasteiger partial charge in [-0.1, -0.05) is 164 Å². The van der Waals surface area contributed by atoms with E-state index in [1.54, 1.807) is 34.6 Å². The van der Waals surface area contributed by atoms with E-state index in [9.17, 15) is 24.0 Å². The van der Waals surface area contributed by atoms with E-state index in [0.717, 1.165) is 55.7 Å². The summed E-state index contributed by atoms with van der Waals surface area (Å²) in [6, 6.07) is 48.6. The van der Waals surface area contributed by atoms with Crippen molar-refractivity contribution in [1.82, 2.24) is 0 Å². The number of carbonyl (C=O) groups is 5. The molecule has 0 radical (unpaired) electrons. The summed E-state index contributed by atoms with van der Waals surface area (Å²) < 4.78 is 0. The van der Waals surface area contributed by atoms with Crippen molar-refractivity contribution >= 4 is 57.3 Å². The highest BCUT2D eigenvalue weighted by Gasteiger charge is 2.49. The molecule has 1 aliphatic carbocycles. The van der Waals surface area contributed by atoms with Gasteiger partial charge in [0.05, 0.1) is 5.41 Å². The van der Waals surface area contributed by atoms with Crippen molar-refractivity contribution in [2.45, 2.75) is 46.5 Å². The predicted molar refractivity (Wildman–Crippen MR) is 238 cm³/mol. The van der Waals surface area contributed by atoms with Gasteiger partial charge in [0.1, 0.15) is 0 Å². The van der Waals surface area contributed by atoms with E-state index < -0.39 is 5.41 Å². The molecule has 0 saturated carbocycles. The Bertz CT molecular complexity index is 2560. The molecule has 0 unspecified atom stereocenters. The molecule has 5 heteroatoms. The molecule has 6 aromatic carbocycles. The smallest absolute Gasteiger partial charge is 0.159 e. The van der Waals surface area contributed by atoms with Crippen LogP contribution >= 0.6 is 0 Å². The number of benzene rings is 6. The van der Waals surface area contributed by atoms with E-state index in [0.29, 0.717) is 34.2 Å². The van der Waals surface area contributed by atoms with Crippen LogP contribution in [0.5, 0.6) is 0 Å². The second-order valence-electron chi connectivity index (χ2n) is 15.1. The highest BCUT2D eigenvalue weighted by molar-refractivity contribution is 6.31. The van der Waals surface area contributed by atoms with E-state index in [1.165, 1.54) is 0 Å². The average molecular weight is 773 g/mol. The number of ketones is 5. The summed E-state index contributed by atoms with van der Waals surface area (Å²) in [5, 5.41) is 0. The Labute approximate surface area is 345 Å². The molecule has 0 heterocycles. The first-order valence-corrected chi connectivity index (χ1v) is 19.7. The third kappa shape index (κ3) is 7.93. The summed E-state index contributed by atoms with van der Waals surface area (Å²) in [4.78, 5) is 63.2. The summed E-state index contributed by atoms with van der Waals surface area (Å²) in [5.74, 6) is -0.256. The Morgan fingerprint density at radius 3 is 1.02 bits per heavy atom. The molecule has 0 atom stereocenters. The van der Waals surface area contributed by atoms with Gasteiger partial charge in [-0.3, -0.25) is 24.0 Å². The van der Waals surface area contributed by atoms with Gasteiger partial charge in [0.2, 0.25) is 0 Å². The molecule has 290 valence electrons. The largest absolute Gasteiger partial charge is 0.295 e. The predicted octanol–water partition coefficient (Wildman–Crippen LogP) is 12.3. The lowest BCUT2D eigenvalue weighted by Crippen LogP contribution is -2.28. The van der Waals surface area contributed by atoms with Gasteiger partial charge in [-0.25, -0.2) is 0 Å². The molecule has 0 aromatic heterocycles. The molecule has 0 amide bonds. The molecule has 0 saturated heterocycles. The average Bonchev–Trinajstić information content (AvgIpc) is 3.55. The quantitative estimate of drug-likeness (QED) is 0.109. The fourth-order valence-electron chi connectivity index (χ4n) is 8.18. The van der Waals surface area contributed by atoms with Crippen molar-refractivity contribution in [2.75, 3.05) is 0 Å². The zero-order valence-corrected chi connectivity index (χ0v) is 33.8. The first-order chi connectivity index (χ1) is 28.4. The van der Waals surface area contributed by atoms with Crippen LogP contribution in [0, 0.1) is 0 Å². The van der Waals surface area contributed by atoms with Crippen molar-refractivity contribution in [3.8, 4) is 0 Å². The van der Waals surface area contributed by atoms with Crippen molar-refractivity contribution < 1.29 is 24.0 Å². The molecule has 7 rings (SSSR count). The molecule has 6 aromatic rings. The topological polar surface area (TPSA) is 85.3 Å². The maximum absolute atomic E-state index is 12.7. The van der Waals surface area contributed by atoms with Crippen LogP contribution in [0.3, 0.4) is 0 Å². The van der Waals surface area contributed by atoms with Gasteiger partial charge < -0.3 is 0 Å². The lowest BCUT2D eigenvalue weighted by atomic mass is 9.64. The SMILES string of the molecule is CC(=O)c1ccc(C2=C(c3ccc(C(C)=O)cc3)C(C/C=C/c3ccccc3)(c3ccc(C(C)=O)cc3)C(c3ccc(C(C)=O)cc3)=C2c2ccc(C(C)=O)cc2)cc1. The summed E-state index contributed by atoms with van der Waals surface area (Å²) in [7, 11) is 0. The lowest BCUT2D eigenvalue weighted by Gasteiger charge is -2.37. The Balaban J connectivity index is 1.70. The van der Waals surface area contributed by atoms with Gasteiger partial charge >= 0.3 is 0 Å². The van der Waals surface area contributed by atoms with E-state index in [4.69, 9.17) is 0 Å². The maximum atomic E-state index is 12.7. The molecule has 1 aliphatic rings. The first-order valence-electron chi connectivity index (χ1n) is 19.7. The fraction of sp³-hybridized carbons (Fsp3) is 0.130. The molecule has 59 heavy (non-hydrogen) atoms. The highest BCUT2D eigenvalue weighted by Crippen LogP contribution is 2.64. The van der Waals surface area contributed by atoms with Crippen molar-refractivity contribution in [3.05, 3.63) is 219 Å². The molecule has 0 aliphatic heterocycles. The van der Waals surface area contributed by atoms with Crippen LogP contribution in [0.25, 0.3) is 28.4 Å². The van der Waals surface area contributed by atoms with Crippen LogP contribution in [0.15, 0.2) is 158 Å². The zero-order valence-electron chi connectivity index (χ0n) is 33.8. The number of carbonyl (C=O) groups excluding carboxylic acids is 5. The maximum Gasteiger partial charge on any atom is 0.159 e. The summed E-state index contributed by atoms with van der Waals surface area (Å²) in [6.45, 7) is 7.75. The van der Waals surface area contributed by atoms with Crippen LogP contribution in [0.2, 0.25) is 0 Å². The number of Topliss-reactive ketones (excluding diaryl/α,β-unsaturated/α-hetero) is 5. The second kappa shape index (κ2) is 16.8. The van der Waals surface area contributed by atoms with Gasteiger partial charge in [-0.05, 0) is 96.7 Å². The van der Waals surface area contributed by atoms with Crippen LogP contribution in [0.4, 0.5) is 0 Å². The highest BCUT2D eigenvalue weighted by atomic mass is 16.1. The molecule has 0 fully saturated rings. The molecule has 0 N–H and O–H groups in total. The van der Waals surface area contributed by atoms with Gasteiger partial charge in [0.15, 0.2) is 28.9 Å². The molecular formula is C54H44O5. The minimum absolute atomic E-state index is 0.0511. The Morgan fingerprint density at radius 2 is 0.695 bits per heavy atom. The standard InChI is InChI=1S/C54H44O5/c1-34(55)40-13-21-45(22-14-40)50-51(46-23-15-41(16-24-46)35(2)56)53(48-27-19-43(20-28-48)37(4)58)54(33-9-12-39-10-7-6-8-11-39,49-31-29-44(30-32-49)38(5)59)52(50)47-25-17-42(18-26-47)36(3)57/h6-32H,33H2,1-5H3/b12-9+. The summed E-state index contributed by atoms with van der Waals surface area (Å²) in [5.41, 5.74) is 11.1. The second-order valence-corrected chi connectivity index (χ2v) is 15.1. The van der Waals surface area contributed by atoms with Crippen molar-refractivity contribution in [3.63, 3.8) is 0 Å². The van der Waals surface area contributed by atoms with E-state index in [-0.39, 0.29) is 28.9 Å². The molecule has 0 spiro atoms. The minimum atomic E-state index is -0.959. The molecule has 0 bridgehead atoms. The van der Waals surface area contributed by atoms with Gasteiger partial charge in [0.25, 0.3) is 0 Å². The Morgan fingerprint density at radius 1 is 0.390 bits per heavy atom. The van der Waals surface area contributed by atoms with Crippen molar-refractivity contribution in [1.29, 1.82) is 0 Å². The molecular weight excluding hydrogens is 729 g/mol. The number of rotatable bonds is 13. The van der Waals surface area contributed by atoms with Gasteiger partial charge in [-0.15, -0.1) is 0 Å². The van der Waals surface area contributed by atoms with E-state index >= 15 is 0 Å². The van der Waals surface area contributed by atoms with Crippen molar-refractivity contribution in [2.24, 2.45) is 0 Å². The van der Waals surface area contributed by atoms with Crippen LogP contribution in [-0.4, -0.2) is 28.9 Å². The Hall–Kier alpha value is -7.11. The minimum Gasteiger partial charge on any atom is -0.295 e. The van der Waals surface area contributed by atoms with Crippen LogP contribution in [-0.2, 0) is 5.41 Å². The Kier molecular flexibility index (Phi) is 11.4. The number of hydrogen-bond acceptors (Lipinski definition) is 5. The van der Waals surface area contributed by atoms with E-state index in [2.05, 4.69) is 24.3 Å². The van der Waals surface area contributed by atoms with Crippen LogP contribution < -0.4 is 0 Å². The lowest BCUT2D eigenvalue weighted by molar-refractivity contribution is 0.100. The van der Waals surface area contributed by atoms with Gasteiger partial charge in [0, 0.05) is 27.8 Å². The number of hydrogen-bond donors (Lipinski definition) is 0. The van der Waals surface area contributed by atoms with Gasteiger partial charge in [-0.2, -0.15) is 0 Å². The third-order valence-electron chi connectivity index (χ3n) is 11.2. The fourth-order valence-corrected chi connectivity index (χ4v) is 8.18. The number of allylic oxidation sites excluding steroid dienone is 5. The third-order valence-corrected chi connectivity index (χ3v) is 11.2. The first kappa shape index (κ1) is 40.1. The normalized spacial score (nSPS) is 13.5. The zero-order chi connectivity index (χ0) is 41.8. The summed E-state index contributed by atoms with van der Waals surface area (Å²) >= 11 is 0. The molecule has 5 nitrogen and oxygen atoms in total. The monoisotopic (exact) mass is 772 g/mol. The van der Waals surface area contributed by atoms with E-state index in [1.807, 2.05) is 140 Å². The van der Waals surface area contributed by atoms with Crippen LogP contribution in [0.1, 0.15) is 126 Å². The summed E-state index contributed by atoms with van der Waals surface area (Å²) in [6.07, 6.45) is 4.75.